The minimum absolute atomic E-state index is 0.0290. The molecule has 0 aliphatic carbocycles. The molecule has 0 saturated heterocycles. The van der Waals surface area contributed by atoms with Crippen molar-refractivity contribution in [3.8, 4) is 22.8 Å². The van der Waals surface area contributed by atoms with E-state index in [2.05, 4.69) is 19.9 Å². The summed E-state index contributed by atoms with van der Waals surface area (Å²) in [6, 6.07) is 6.91. The number of aromatic nitrogens is 4. The third-order valence-electron chi connectivity index (χ3n) is 4.31. The van der Waals surface area contributed by atoms with Crippen molar-refractivity contribution >= 4 is 11.6 Å². The molecule has 0 aliphatic heterocycles. The lowest BCUT2D eigenvalue weighted by molar-refractivity contribution is 0.100. The number of carbonyl (C=O) groups excluding carboxylic acids is 2. The highest BCUT2D eigenvalue weighted by molar-refractivity contribution is 5.95. The van der Waals surface area contributed by atoms with Crippen LogP contribution < -0.4 is 11.1 Å². The van der Waals surface area contributed by atoms with Crippen LogP contribution in [-0.4, -0.2) is 31.5 Å². The summed E-state index contributed by atoms with van der Waals surface area (Å²) in [7, 11) is 0. The number of ketones is 2. The number of H-pyrrole nitrogens is 2. The molecule has 28 heavy (non-hydrogen) atoms. The number of aromatic amines is 2. The van der Waals surface area contributed by atoms with Crippen molar-refractivity contribution in [2.24, 2.45) is 0 Å². The first kappa shape index (κ1) is 19.1. The second-order valence-electron chi connectivity index (χ2n) is 6.44. The van der Waals surface area contributed by atoms with Crippen molar-refractivity contribution in [3.63, 3.8) is 0 Å². The molecule has 142 valence electrons. The van der Waals surface area contributed by atoms with Gasteiger partial charge in [0.2, 0.25) is 0 Å². The molecule has 0 atom stereocenters. The first-order valence-electron chi connectivity index (χ1n) is 8.53. The summed E-state index contributed by atoms with van der Waals surface area (Å²) in [6.45, 7) is 5.83. The maximum absolute atomic E-state index is 12.2. The Morgan fingerprint density at radius 1 is 0.786 bits per heavy atom. The van der Waals surface area contributed by atoms with Gasteiger partial charge in [0, 0.05) is 11.1 Å². The Morgan fingerprint density at radius 3 is 1.50 bits per heavy atom. The minimum atomic E-state index is -0.506. The van der Waals surface area contributed by atoms with Crippen molar-refractivity contribution in [2.75, 3.05) is 0 Å². The summed E-state index contributed by atoms with van der Waals surface area (Å²) in [6.07, 6.45) is 0. The smallest absolute Gasteiger partial charge is 0.262 e. The fourth-order valence-corrected chi connectivity index (χ4v) is 3.09. The van der Waals surface area contributed by atoms with Crippen molar-refractivity contribution in [2.45, 2.75) is 27.7 Å². The van der Waals surface area contributed by atoms with Gasteiger partial charge in [-0.3, -0.25) is 19.2 Å². The van der Waals surface area contributed by atoms with E-state index in [0.29, 0.717) is 34.2 Å². The normalized spacial score (nSPS) is 10.7. The van der Waals surface area contributed by atoms with Gasteiger partial charge in [0.05, 0.1) is 11.4 Å². The van der Waals surface area contributed by atoms with Crippen molar-refractivity contribution < 1.29 is 9.59 Å². The van der Waals surface area contributed by atoms with Crippen LogP contribution in [0.4, 0.5) is 0 Å². The number of Topliss-reactive ketones (excluding diaryl/α,β-unsaturated/α-hetero) is 2. The molecular formula is C20H18N4O4. The molecule has 0 spiro atoms. The molecule has 3 aromatic rings. The Bertz CT molecular complexity index is 1140. The average Bonchev–Trinajstić information content (AvgIpc) is 2.60. The Balaban J connectivity index is 2.12. The van der Waals surface area contributed by atoms with Crippen LogP contribution in [0.1, 0.15) is 46.0 Å². The Kier molecular flexibility index (Phi) is 4.87. The van der Waals surface area contributed by atoms with Gasteiger partial charge in [0.25, 0.3) is 11.1 Å². The van der Waals surface area contributed by atoms with Gasteiger partial charge in [-0.2, -0.15) is 0 Å². The summed E-state index contributed by atoms with van der Waals surface area (Å²) in [5, 5.41) is 0. The van der Waals surface area contributed by atoms with Gasteiger partial charge in [-0.15, -0.1) is 0 Å². The molecule has 2 aromatic heterocycles. The van der Waals surface area contributed by atoms with E-state index in [1.54, 1.807) is 38.1 Å². The number of rotatable bonds is 4. The second kappa shape index (κ2) is 7.15. The quantitative estimate of drug-likeness (QED) is 0.671. The van der Waals surface area contributed by atoms with Gasteiger partial charge in [0.15, 0.2) is 11.6 Å². The third-order valence-corrected chi connectivity index (χ3v) is 4.31. The summed E-state index contributed by atoms with van der Waals surface area (Å²) >= 11 is 0. The number of nitrogens with zero attached hydrogens (tertiary/aromatic N) is 2. The monoisotopic (exact) mass is 378 g/mol. The zero-order chi connectivity index (χ0) is 20.6. The molecular weight excluding hydrogens is 360 g/mol. The van der Waals surface area contributed by atoms with Gasteiger partial charge >= 0.3 is 0 Å². The van der Waals surface area contributed by atoms with E-state index in [1.165, 1.54) is 13.8 Å². The van der Waals surface area contributed by atoms with E-state index in [4.69, 9.17) is 0 Å². The number of hydrogen-bond donors (Lipinski definition) is 2. The third kappa shape index (κ3) is 3.44. The number of carbonyl (C=O) groups is 2. The van der Waals surface area contributed by atoms with Crippen molar-refractivity contribution in [1.82, 2.24) is 19.9 Å². The van der Waals surface area contributed by atoms with E-state index in [9.17, 15) is 19.2 Å². The van der Waals surface area contributed by atoms with Crippen LogP contribution in [0.15, 0.2) is 33.9 Å². The highest BCUT2D eigenvalue weighted by atomic mass is 16.2. The highest BCUT2D eigenvalue weighted by Crippen LogP contribution is 2.22. The van der Waals surface area contributed by atoms with E-state index in [0.717, 1.165) is 0 Å². The zero-order valence-electron chi connectivity index (χ0n) is 15.8. The molecule has 0 bridgehead atoms. The van der Waals surface area contributed by atoms with Crippen LogP contribution in [0.5, 0.6) is 0 Å². The molecule has 3 rings (SSSR count). The zero-order valence-corrected chi connectivity index (χ0v) is 15.8. The van der Waals surface area contributed by atoms with Crippen LogP contribution in [0, 0.1) is 13.8 Å². The Morgan fingerprint density at radius 2 is 1.18 bits per heavy atom. The summed E-state index contributed by atoms with van der Waals surface area (Å²) in [4.78, 5) is 61.5. The molecule has 8 heteroatoms. The maximum atomic E-state index is 12.2. The largest absolute Gasteiger partial charge is 0.306 e. The number of benzene rings is 1. The predicted molar refractivity (Wildman–Crippen MR) is 104 cm³/mol. The van der Waals surface area contributed by atoms with Gasteiger partial charge in [-0.05, 0) is 33.8 Å². The molecule has 2 N–H and O–H groups in total. The maximum Gasteiger partial charge on any atom is 0.262 e. The van der Waals surface area contributed by atoms with Crippen LogP contribution in [-0.2, 0) is 0 Å². The summed E-state index contributed by atoms with van der Waals surface area (Å²) in [5.41, 5.74) is 0.895. The van der Waals surface area contributed by atoms with E-state index >= 15 is 0 Å². The molecule has 0 saturated carbocycles. The second-order valence-corrected chi connectivity index (χ2v) is 6.44. The fraction of sp³-hybridized carbons (Fsp3) is 0.200. The molecule has 0 unspecified atom stereocenters. The van der Waals surface area contributed by atoms with Crippen LogP contribution in [0.2, 0.25) is 0 Å². The van der Waals surface area contributed by atoms with Crippen LogP contribution in [0.25, 0.3) is 22.8 Å². The van der Waals surface area contributed by atoms with Crippen molar-refractivity contribution in [3.05, 3.63) is 67.5 Å². The Labute approximate surface area is 159 Å². The molecule has 8 nitrogen and oxygen atoms in total. The predicted octanol–water partition coefficient (Wildman–Crippen LogP) is 2.21. The average molecular weight is 378 g/mol. The van der Waals surface area contributed by atoms with Gasteiger partial charge in [-0.1, -0.05) is 18.2 Å². The van der Waals surface area contributed by atoms with E-state index in [1.807, 2.05) is 0 Å². The molecule has 0 radical (unpaired) electrons. The summed E-state index contributed by atoms with van der Waals surface area (Å²) < 4.78 is 0. The topological polar surface area (TPSA) is 126 Å². The lowest BCUT2D eigenvalue weighted by atomic mass is 10.1. The first-order chi connectivity index (χ1) is 13.2. The van der Waals surface area contributed by atoms with E-state index in [-0.39, 0.29) is 22.7 Å². The van der Waals surface area contributed by atoms with Gasteiger partial charge in [0.1, 0.15) is 22.8 Å². The fourth-order valence-electron chi connectivity index (χ4n) is 3.09. The minimum Gasteiger partial charge on any atom is -0.306 e. The lowest BCUT2D eigenvalue weighted by Crippen LogP contribution is -2.20. The SMILES string of the molecule is CC(=O)c1c(C)nc(-c2cccc(-c3nc(C)c(C(C)=O)c(=O)[nH]3)c2)[nH]c1=O. The van der Waals surface area contributed by atoms with Crippen LogP contribution >= 0.6 is 0 Å². The Hall–Kier alpha value is -3.68. The summed E-state index contributed by atoms with van der Waals surface area (Å²) in [5.74, 6) is -0.105. The van der Waals surface area contributed by atoms with E-state index < -0.39 is 11.1 Å². The molecule has 0 fully saturated rings. The standard InChI is InChI=1S/C20H18N4O4/c1-9-15(11(3)25)19(27)23-17(21-9)13-6-5-7-14(8-13)18-22-10(2)16(12(4)26)20(28)24-18/h5-8H,1-4H3,(H,21,23,27)(H,22,24,28). The van der Waals surface area contributed by atoms with Gasteiger partial charge in [-0.25, -0.2) is 9.97 Å². The number of nitrogens with one attached hydrogen (secondary N) is 2. The lowest BCUT2D eigenvalue weighted by Gasteiger charge is -2.08. The number of aryl methyl sites for hydroxylation is 2. The molecule has 2 heterocycles. The van der Waals surface area contributed by atoms with Gasteiger partial charge < -0.3 is 9.97 Å². The van der Waals surface area contributed by atoms with Crippen molar-refractivity contribution in [1.29, 1.82) is 0 Å². The number of hydrogen-bond acceptors (Lipinski definition) is 6. The first-order valence-corrected chi connectivity index (χ1v) is 8.53. The molecule has 0 amide bonds. The van der Waals surface area contributed by atoms with Crippen LogP contribution in [0.3, 0.4) is 0 Å². The molecule has 0 aliphatic rings. The molecule has 1 aromatic carbocycles. The highest BCUT2D eigenvalue weighted by Gasteiger charge is 2.15.